The Hall–Kier alpha value is -1.10. The number of aliphatic hydroxyl groups excluding tert-OH is 1. The molecule has 0 amide bonds. The highest BCUT2D eigenvalue weighted by atomic mass is 19.2. The third kappa shape index (κ3) is 1.98. The van der Waals surface area contributed by atoms with Crippen LogP contribution in [0.25, 0.3) is 0 Å². The highest BCUT2D eigenvalue weighted by Gasteiger charge is 2.14. The Morgan fingerprint density at radius 1 is 1.15 bits per heavy atom. The maximum absolute atomic E-state index is 12.5. The summed E-state index contributed by atoms with van der Waals surface area (Å²) in [5, 5.41) is 8.84. The summed E-state index contributed by atoms with van der Waals surface area (Å²) in [6, 6.07) is 1.12. The molecule has 0 aliphatic rings. The number of halogens is 4. The molecular weight excluding hydrogens is 188 g/mol. The molecule has 0 bridgehead atoms. The monoisotopic (exact) mass is 194 g/mol. The van der Waals surface area contributed by atoms with Crippen molar-refractivity contribution in [1.29, 1.82) is 0 Å². The van der Waals surface area contributed by atoms with Crippen LogP contribution >= 0.6 is 0 Å². The first kappa shape index (κ1) is 9.98. The minimum atomic E-state index is -1.63. The van der Waals surface area contributed by atoms with E-state index in [0.29, 0.717) is 12.1 Å². The van der Waals surface area contributed by atoms with Crippen molar-refractivity contribution in [2.75, 3.05) is 6.67 Å². The molecule has 1 aromatic rings. The Morgan fingerprint density at radius 2 is 1.62 bits per heavy atom. The van der Waals surface area contributed by atoms with Gasteiger partial charge in [-0.25, -0.2) is 17.6 Å². The van der Waals surface area contributed by atoms with Crippen molar-refractivity contribution >= 4 is 0 Å². The van der Waals surface area contributed by atoms with Gasteiger partial charge in [-0.05, 0) is 17.7 Å². The van der Waals surface area contributed by atoms with Crippen LogP contribution in [0.2, 0.25) is 0 Å². The molecule has 13 heavy (non-hydrogen) atoms. The fourth-order valence-corrected chi connectivity index (χ4v) is 0.857. The first-order chi connectivity index (χ1) is 6.06. The van der Waals surface area contributed by atoms with Crippen molar-refractivity contribution in [3.05, 3.63) is 35.1 Å². The minimum Gasteiger partial charge on any atom is -0.386 e. The summed E-state index contributed by atoms with van der Waals surface area (Å²) in [6.07, 6.45) is -1.62. The van der Waals surface area contributed by atoms with Gasteiger partial charge in [0.1, 0.15) is 12.8 Å². The lowest BCUT2D eigenvalue weighted by Crippen LogP contribution is -2.02. The third-order valence-electron chi connectivity index (χ3n) is 1.54. The molecule has 5 heteroatoms. The van der Waals surface area contributed by atoms with Crippen LogP contribution < -0.4 is 0 Å². The summed E-state index contributed by atoms with van der Waals surface area (Å²) in [6.45, 7) is -1.18. The molecule has 0 heterocycles. The Labute approximate surface area is 71.6 Å². The van der Waals surface area contributed by atoms with Crippen LogP contribution in [0.15, 0.2) is 12.1 Å². The van der Waals surface area contributed by atoms with Gasteiger partial charge in [-0.2, -0.15) is 0 Å². The first-order valence-corrected chi connectivity index (χ1v) is 3.44. The number of aliphatic hydroxyl groups is 1. The van der Waals surface area contributed by atoms with Gasteiger partial charge in [0.2, 0.25) is 0 Å². The summed E-state index contributed by atoms with van der Waals surface area (Å²) in [4.78, 5) is 0. The molecule has 1 rings (SSSR count). The van der Waals surface area contributed by atoms with Crippen molar-refractivity contribution in [2.45, 2.75) is 6.10 Å². The van der Waals surface area contributed by atoms with E-state index in [9.17, 15) is 17.6 Å². The van der Waals surface area contributed by atoms with Crippen LogP contribution in [0.3, 0.4) is 0 Å². The van der Waals surface area contributed by atoms with E-state index in [-0.39, 0.29) is 5.56 Å². The summed E-state index contributed by atoms with van der Waals surface area (Å²) in [7, 11) is 0. The molecule has 1 aromatic carbocycles. The molecule has 0 saturated heterocycles. The molecule has 1 nitrogen and oxygen atoms in total. The SMILES string of the molecule is OC(CF)c1cc(F)c(F)c(F)c1. The number of benzene rings is 1. The van der Waals surface area contributed by atoms with E-state index in [0.717, 1.165) is 0 Å². The largest absolute Gasteiger partial charge is 0.386 e. The van der Waals surface area contributed by atoms with Gasteiger partial charge in [0, 0.05) is 0 Å². The Bertz CT molecular complexity index is 290. The molecule has 0 aliphatic carbocycles. The third-order valence-corrected chi connectivity index (χ3v) is 1.54. The van der Waals surface area contributed by atoms with Gasteiger partial charge >= 0.3 is 0 Å². The highest BCUT2D eigenvalue weighted by Crippen LogP contribution is 2.19. The van der Waals surface area contributed by atoms with Crippen LogP contribution in [0.5, 0.6) is 0 Å². The molecule has 0 aliphatic heterocycles. The molecule has 0 fully saturated rings. The molecule has 0 aromatic heterocycles. The van der Waals surface area contributed by atoms with Crippen LogP contribution in [-0.2, 0) is 0 Å². The lowest BCUT2D eigenvalue weighted by molar-refractivity contribution is 0.140. The predicted octanol–water partition coefficient (Wildman–Crippen LogP) is 2.11. The van der Waals surface area contributed by atoms with Crippen molar-refractivity contribution in [3.63, 3.8) is 0 Å². The van der Waals surface area contributed by atoms with Gasteiger partial charge < -0.3 is 5.11 Å². The van der Waals surface area contributed by atoms with E-state index in [1.807, 2.05) is 0 Å². The van der Waals surface area contributed by atoms with E-state index in [1.165, 1.54) is 0 Å². The fraction of sp³-hybridized carbons (Fsp3) is 0.250. The zero-order chi connectivity index (χ0) is 10.0. The normalized spacial score (nSPS) is 13.0. The first-order valence-electron chi connectivity index (χ1n) is 3.44. The van der Waals surface area contributed by atoms with E-state index in [1.54, 1.807) is 0 Å². The quantitative estimate of drug-likeness (QED) is 0.564. The topological polar surface area (TPSA) is 20.2 Å². The number of hydrogen-bond acceptors (Lipinski definition) is 1. The molecule has 0 saturated carbocycles. The Kier molecular flexibility index (Phi) is 2.87. The van der Waals surface area contributed by atoms with E-state index >= 15 is 0 Å². The molecule has 1 atom stereocenters. The molecule has 1 N–H and O–H groups in total. The number of rotatable bonds is 2. The summed E-state index contributed by atoms with van der Waals surface area (Å²) in [5.41, 5.74) is -0.320. The minimum absolute atomic E-state index is 0.320. The standard InChI is InChI=1S/C8H6F4O/c9-3-7(13)4-1-5(10)8(12)6(11)2-4/h1-2,7,13H,3H2. The Balaban J connectivity index is 3.13. The van der Waals surface area contributed by atoms with Crippen LogP contribution in [-0.4, -0.2) is 11.8 Å². The summed E-state index contributed by atoms with van der Waals surface area (Å²) < 4.78 is 49.2. The van der Waals surface area contributed by atoms with E-state index < -0.39 is 30.2 Å². The second-order valence-corrected chi connectivity index (χ2v) is 2.47. The lowest BCUT2D eigenvalue weighted by atomic mass is 10.1. The second kappa shape index (κ2) is 3.74. The van der Waals surface area contributed by atoms with E-state index in [4.69, 9.17) is 5.11 Å². The van der Waals surface area contributed by atoms with Gasteiger partial charge in [-0.3, -0.25) is 0 Å². The molecule has 0 radical (unpaired) electrons. The zero-order valence-electron chi connectivity index (χ0n) is 6.40. The molecule has 1 unspecified atom stereocenters. The van der Waals surface area contributed by atoms with Gasteiger partial charge in [-0.15, -0.1) is 0 Å². The van der Waals surface area contributed by atoms with Gasteiger partial charge in [0.05, 0.1) is 0 Å². The average molecular weight is 194 g/mol. The number of alkyl halides is 1. The smallest absolute Gasteiger partial charge is 0.194 e. The van der Waals surface area contributed by atoms with Crippen LogP contribution in [0.1, 0.15) is 11.7 Å². The maximum Gasteiger partial charge on any atom is 0.194 e. The maximum atomic E-state index is 12.5. The summed E-state index contributed by atoms with van der Waals surface area (Å²) in [5.74, 6) is -4.51. The molecule has 0 spiro atoms. The van der Waals surface area contributed by atoms with Crippen molar-refractivity contribution in [2.24, 2.45) is 0 Å². The van der Waals surface area contributed by atoms with Gasteiger partial charge in [-0.1, -0.05) is 0 Å². The Morgan fingerprint density at radius 3 is 2.00 bits per heavy atom. The van der Waals surface area contributed by atoms with Crippen molar-refractivity contribution < 1.29 is 22.7 Å². The molecule has 72 valence electrons. The van der Waals surface area contributed by atoms with Crippen LogP contribution in [0.4, 0.5) is 17.6 Å². The van der Waals surface area contributed by atoms with Gasteiger partial charge in [0.25, 0.3) is 0 Å². The highest BCUT2D eigenvalue weighted by molar-refractivity contribution is 5.21. The number of hydrogen-bond donors (Lipinski definition) is 1. The zero-order valence-corrected chi connectivity index (χ0v) is 6.40. The van der Waals surface area contributed by atoms with Crippen LogP contribution in [0, 0.1) is 17.5 Å². The van der Waals surface area contributed by atoms with E-state index in [2.05, 4.69) is 0 Å². The fourth-order valence-electron chi connectivity index (χ4n) is 0.857. The van der Waals surface area contributed by atoms with Gasteiger partial charge in [0.15, 0.2) is 17.5 Å². The second-order valence-electron chi connectivity index (χ2n) is 2.47. The summed E-state index contributed by atoms with van der Waals surface area (Å²) >= 11 is 0. The predicted molar refractivity (Wildman–Crippen MR) is 37.3 cm³/mol. The van der Waals surface area contributed by atoms with Crippen molar-refractivity contribution in [3.8, 4) is 0 Å². The van der Waals surface area contributed by atoms with Crippen molar-refractivity contribution in [1.82, 2.24) is 0 Å². The molecular formula is C8H6F4O. The lowest BCUT2D eigenvalue weighted by Gasteiger charge is -2.06. The average Bonchev–Trinajstić information content (AvgIpc) is 2.12.